The summed E-state index contributed by atoms with van der Waals surface area (Å²) in [6.07, 6.45) is -11.1. The molecule has 1 unspecified atom stereocenters. The maximum atomic E-state index is 13.6. The Morgan fingerprint density at radius 1 is 0.956 bits per heavy atom. The highest BCUT2D eigenvalue weighted by Crippen LogP contribution is 2.45. The summed E-state index contributed by atoms with van der Waals surface area (Å²) < 4.78 is 97.4. The van der Waals surface area contributed by atoms with Crippen LogP contribution >= 0.6 is 0 Å². The third-order valence-electron chi connectivity index (χ3n) is 8.17. The fraction of sp³-hybridized carbons (Fsp3) is 0.500. The highest BCUT2D eigenvalue weighted by molar-refractivity contribution is 5.80. The summed E-state index contributed by atoms with van der Waals surface area (Å²) in [5.41, 5.74) is 0.534. The fourth-order valence-electron chi connectivity index (χ4n) is 5.64. The average Bonchev–Trinajstić information content (AvgIpc) is 3.35. The fourth-order valence-corrected chi connectivity index (χ4v) is 5.64. The number of esters is 1. The molecule has 0 aromatic heterocycles. The van der Waals surface area contributed by atoms with Crippen LogP contribution in [0.3, 0.4) is 0 Å². The van der Waals surface area contributed by atoms with Gasteiger partial charge < -0.3 is 25.3 Å². The van der Waals surface area contributed by atoms with E-state index in [0.717, 1.165) is 0 Å². The second kappa shape index (κ2) is 12.9. The van der Waals surface area contributed by atoms with Gasteiger partial charge >= 0.3 is 24.4 Å². The van der Waals surface area contributed by atoms with E-state index in [4.69, 9.17) is 19.9 Å². The van der Waals surface area contributed by atoms with Crippen LogP contribution in [0.15, 0.2) is 48.5 Å². The molecule has 2 saturated heterocycles. The van der Waals surface area contributed by atoms with Crippen molar-refractivity contribution in [2.45, 2.75) is 75.1 Å². The Morgan fingerprint density at radius 3 is 2.11 bits per heavy atom. The Labute approximate surface area is 255 Å². The van der Waals surface area contributed by atoms with Gasteiger partial charge in [-0.05, 0) is 62.4 Å². The monoisotopic (exact) mass is 645 g/mol. The topological polar surface area (TPSA) is 120 Å². The molecule has 1 spiro atoms. The van der Waals surface area contributed by atoms with Gasteiger partial charge in [-0.15, -0.1) is 0 Å². The minimum Gasteiger partial charge on any atom is -0.427 e. The van der Waals surface area contributed by atoms with Crippen LogP contribution in [0, 0.1) is 0 Å². The third-order valence-corrected chi connectivity index (χ3v) is 8.17. The molecule has 2 aliphatic heterocycles. The lowest BCUT2D eigenvalue weighted by molar-refractivity contribution is -0.155. The first-order chi connectivity index (χ1) is 21.0. The number of hydrogen-bond acceptors (Lipinski definition) is 7. The molecular weight excluding hydrogens is 612 g/mol. The lowest BCUT2D eigenvalue weighted by atomic mass is 9.74. The first kappa shape index (κ1) is 34.0. The van der Waals surface area contributed by atoms with Gasteiger partial charge in [-0.1, -0.05) is 30.3 Å². The van der Waals surface area contributed by atoms with Crippen molar-refractivity contribution < 1.29 is 54.9 Å². The molecule has 0 radical (unpaired) electrons. The Bertz CT molecular complexity index is 1370. The van der Waals surface area contributed by atoms with E-state index < -0.39 is 65.6 Å². The number of ether oxygens (including phenoxy) is 3. The SMILES string of the molecule is CC(N)C(=O)OCOC(=O)N1C[C@@]2(CCC(=O)N2)CC[C@@]1(CO[C@H](C)c1cc(C(F)(F)F)cc(C(F)(F)F)c1)c1ccccc1. The highest BCUT2D eigenvalue weighted by atomic mass is 19.4. The number of hydrogen-bond donors (Lipinski definition) is 2. The minimum atomic E-state index is -5.05. The number of alkyl halides is 6. The van der Waals surface area contributed by atoms with Crippen molar-refractivity contribution in [3.05, 3.63) is 70.8 Å². The van der Waals surface area contributed by atoms with Gasteiger partial charge in [0.1, 0.15) is 6.04 Å². The lowest BCUT2D eigenvalue weighted by Crippen LogP contribution is -2.65. The summed E-state index contributed by atoms with van der Waals surface area (Å²) in [4.78, 5) is 39.0. The molecule has 15 heteroatoms. The van der Waals surface area contributed by atoms with Crippen LogP contribution < -0.4 is 11.1 Å². The number of nitrogens with one attached hydrogen (secondary N) is 1. The molecule has 4 atom stereocenters. The quantitative estimate of drug-likeness (QED) is 0.223. The molecule has 9 nitrogen and oxygen atoms in total. The van der Waals surface area contributed by atoms with E-state index in [1.807, 2.05) is 0 Å². The van der Waals surface area contributed by atoms with Crippen LogP contribution in [0.25, 0.3) is 0 Å². The van der Waals surface area contributed by atoms with E-state index in [-0.39, 0.29) is 43.5 Å². The Balaban J connectivity index is 1.69. The van der Waals surface area contributed by atoms with Crippen LogP contribution in [0.2, 0.25) is 0 Å². The highest BCUT2D eigenvalue weighted by Gasteiger charge is 2.54. The summed E-state index contributed by atoms with van der Waals surface area (Å²) in [7, 11) is 0. The van der Waals surface area contributed by atoms with Gasteiger partial charge in [-0.2, -0.15) is 26.3 Å². The number of rotatable bonds is 8. The van der Waals surface area contributed by atoms with Crippen LogP contribution in [0.5, 0.6) is 0 Å². The van der Waals surface area contributed by atoms with Crippen molar-refractivity contribution in [2.75, 3.05) is 19.9 Å². The van der Waals surface area contributed by atoms with Crippen LogP contribution in [0.4, 0.5) is 31.1 Å². The lowest BCUT2D eigenvalue weighted by Gasteiger charge is -2.52. The zero-order chi connectivity index (χ0) is 33.2. The molecule has 0 bridgehead atoms. The Kier molecular flexibility index (Phi) is 9.73. The molecule has 2 heterocycles. The Hall–Kier alpha value is -3.85. The zero-order valence-corrected chi connectivity index (χ0v) is 24.5. The summed E-state index contributed by atoms with van der Waals surface area (Å²) in [5, 5.41) is 2.92. The first-order valence-corrected chi connectivity index (χ1v) is 14.1. The van der Waals surface area contributed by atoms with Gasteiger partial charge in [0.15, 0.2) is 0 Å². The zero-order valence-electron chi connectivity index (χ0n) is 24.5. The molecule has 2 amide bonds. The van der Waals surface area contributed by atoms with E-state index >= 15 is 0 Å². The maximum Gasteiger partial charge on any atom is 0.416 e. The molecule has 2 fully saturated rings. The molecule has 2 aromatic rings. The Morgan fingerprint density at radius 2 is 1.58 bits per heavy atom. The van der Waals surface area contributed by atoms with Gasteiger partial charge in [0.25, 0.3) is 0 Å². The molecule has 4 rings (SSSR count). The second-order valence-electron chi connectivity index (χ2n) is 11.4. The van der Waals surface area contributed by atoms with E-state index in [2.05, 4.69) is 5.32 Å². The second-order valence-corrected chi connectivity index (χ2v) is 11.4. The van der Waals surface area contributed by atoms with Gasteiger partial charge in [-0.25, -0.2) is 4.79 Å². The van der Waals surface area contributed by atoms with E-state index in [1.54, 1.807) is 30.3 Å². The van der Waals surface area contributed by atoms with Crippen molar-refractivity contribution in [1.82, 2.24) is 10.2 Å². The van der Waals surface area contributed by atoms with E-state index in [1.165, 1.54) is 18.7 Å². The molecule has 2 aliphatic rings. The summed E-state index contributed by atoms with van der Waals surface area (Å²) in [6.45, 7) is 1.48. The number of halogens is 6. The molecule has 45 heavy (non-hydrogen) atoms. The number of nitrogens with two attached hydrogens (primary N) is 1. The normalized spacial score (nSPS) is 23.4. The predicted molar refractivity (Wildman–Crippen MR) is 146 cm³/mol. The number of carbonyl (C=O) groups is 3. The minimum absolute atomic E-state index is 0.0358. The van der Waals surface area contributed by atoms with Crippen LogP contribution in [0.1, 0.15) is 67.9 Å². The van der Waals surface area contributed by atoms with Crippen molar-refractivity contribution in [1.29, 1.82) is 0 Å². The summed E-state index contributed by atoms with van der Waals surface area (Å²) in [6, 6.07) is 8.74. The van der Waals surface area contributed by atoms with E-state index in [0.29, 0.717) is 30.5 Å². The third kappa shape index (κ3) is 7.69. The summed E-state index contributed by atoms with van der Waals surface area (Å²) >= 11 is 0. The van der Waals surface area contributed by atoms with Crippen LogP contribution in [-0.4, -0.2) is 54.4 Å². The number of amides is 2. The predicted octanol–water partition coefficient (Wildman–Crippen LogP) is 5.43. The van der Waals surface area contributed by atoms with Gasteiger partial charge in [0.05, 0.1) is 34.9 Å². The maximum absolute atomic E-state index is 13.6. The molecule has 3 N–H and O–H groups in total. The van der Waals surface area contributed by atoms with Crippen molar-refractivity contribution in [3.63, 3.8) is 0 Å². The number of likely N-dealkylation sites (tertiary alicyclic amines) is 1. The number of benzene rings is 2. The van der Waals surface area contributed by atoms with E-state index in [9.17, 15) is 40.7 Å². The standard InChI is InChI=1S/C30H33F6N3O6/c1-18(37)25(41)44-17-45-26(42)39-15-27(9-8-24(40)38-27)10-11-28(39,21-6-4-3-5-7-21)16-43-19(2)20-12-22(29(31,32)33)14-23(13-20)30(34,35)36/h3-7,12-14,18-19H,8-11,15-17,37H2,1-2H3,(H,38,40)/t18?,19-,27-,28-/m1/s1. The smallest absolute Gasteiger partial charge is 0.416 e. The van der Waals surface area contributed by atoms with Gasteiger partial charge in [-0.3, -0.25) is 14.5 Å². The molecule has 246 valence electrons. The molecule has 0 aliphatic carbocycles. The van der Waals surface area contributed by atoms with Crippen LogP contribution in [-0.2, 0) is 41.7 Å². The molecule has 0 saturated carbocycles. The van der Waals surface area contributed by atoms with Gasteiger partial charge in [0, 0.05) is 13.0 Å². The van der Waals surface area contributed by atoms with Crippen molar-refractivity contribution in [3.8, 4) is 0 Å². The largest absolute Gasteiger partial charge is 0.427 e. The number of piperidine rings is 1. The van der Waals surface area contributed by atoms with Crippen molar-refractivity contribution >= 4 is 18.0 Å². The number of carbonyl (C=O) groups excluding carboxylic acids is 3. The first-order valence-electron chi connectivity index (χ1n) is 14.1. The molecule has 2 aromatic carbocycles. The van der Waals surface area contributed by atoms with Crippen molar-refractivity contribution in [2.24, 2.45) is 5.73 Å². The average molecular weight is 646 g/mol. The summed E-state index contributed by atoms with van der Waals surface area (Å²) in [5.74, 6) is -1.04. The number of nitrogens with zero attached hydrogens (tertiary/aromatic N) is 1. The molecular formula is C30H33F6N3O6. The van der Waals surface area contributed by atoms with Gasteiger partial charge in [0.2, 0.25) is 12.7 Å².